The first-order valence-corrected chi connectivity index (χ1v) is 2.35. The molecule has 1 aromatic heterocycles. The summed E-state index contributed by atoms with van der Waals surface area (Å²) in [6, 6.07) is 2.69. The zero-order valence-electron chi connectivity index (χ0n) is 5.02. The summed E-state index contributed by atoms with van der Waals surface area (Å²) in [4.78, 5) is 13.1. The SMILES string of the molecule is O.O=[N+]([O-])c1ccncc1. The molecule has 0 spiro atoms. The molecular formula is C5H6N2O3. The van der Waals surface area contributed by atoms with Crippen LogP contribution in [-0.2, 0) is 0 Å². The molecule has 0 atom stereocenters. The fraction of sp³-hybridized carbons (Fsp3) is 0. The third-order valence-corrected chi connectivity index (χ3v) is 0.874. The predicted molar refractivity (Wildman–Crippen MR) is 34.5 cm³/mol. The van der Waals surface area contributed by atoms with E-state index in [0.717, 1.165) is 0 Å². The molecule has 5 heteroatoms. The first kappa shape index (κ1) is 8.51. The van der Waals surface area contributed by atoms with E-state index in [2.05, 4.69) is 4.98 Å². The normalized spacial score (nSPS) is 8.00. The Morgan fingerprint density at radius 1 is 1.40 bits per heavy atom. The number of hydrogen-bond donors (Lipinski definition) is 0. The van der Waals surface area contributed by atoms with Crippen molar-refractivity contribution in [2.24, 2.45) is 0 Å². The Bertz CT molecular complexity index is 211. The lowest BCUT2D eigenvalue weighted by Gasteiger charge is -1.84. The van der Waals surface area contributed by atoms with Crippen molar-refractivity contribution in [3.63, 3.8) is 0 Å². The predicted octanol–water partition coefficient (Wildman–Crippen LogP) is 0.165. The molecule has 0 radical (unpaired) electrons. The average molecular weight is 142 g/mol. The quantitative estimate of drug-likeness (QED) is 0.413. The van der Waals surface area contributed by atoms with Gasteiger partial charge in [0.1, 0.15) is 0 Å². The monoisotopic (exact) mass is 142 g/mol. The van der Waals surface area contributed by atoms with Gasteiger partial charge in [-0.3, -0.25) is 15.1 Å². The van der Waals surface area contributed by atoms with Gasteiger partial charge in [-0.2, -0.15) is 0 Å². The molecule has 54 valence electrons. The molecule has 5 nitrogen and oxygen atoms in total. The molecule has 0 saturated carbocycles. The maximum atomic E-state index is 9.98. The summed E-state index contributed by atoms with van der Waals surface area (Å²) in [7, 11) is 0. The van der Waals surface area contributed by atoms with Crippen LogP contribution < -0.4 is 0 Å². The third-order valence-electron chi connectivity index (χ3n) is 0.874. The molecule has 0 fully saturated rings. The topological polar surface area (TPSA) is 87.5 Å². The molecule has 1 heterocycles. The Kier molecular flexibility index (Phi) is 2.99. The van der Waals surface area contributed by atoms with Gasteiger partial charge in [-0.15, -0.1) is 0 Å². The fourth-order valence-electron chi connectivity index (χ4n) is 0.466. The van der Waals surface area contributed by atoms with Crippen LogP contribution in [0.1, 0.15) is 0 Å². The third kappa shape index (κ3) is 1.79. The maximum absolute atomic E-state index is 9.98. The van der Waals surface area contributed by atoms with E-state index in [1.807, 2.05) is 0 Å². The van der Waals surface area contributed by atoms with Gasteiger partial charge in [0.05, 0.1) is 4.92 Å². The molecule has 0 bridgehead atoms. The van der Waals surface area contributed by atoms with Crippen LogP contribution in [0.5, 0.6) is 0 Å². The molecule has 0 aliphatic rings. The van der Waals surface area contributed by atoms with E-state index in [1.165, 1.54) is 24.5 Å². The van der Waals surface area contributed by atoms with Crippen molar-refractivity contribution in [1.29, 1.82) is 0 Å². The van der Waals surface area contributed by atoms with Crippen molar-refractivity contribution < 1.29 is 10.4 Å². The van der Waals surface area contributed by atoms with Crippen LogP contribution in [0.25, 0.3) is 0 Å². The molecule has 0 unspecified atom stereocenters. The molecule has 10 heavy (non-hydrogen) atoms. The first-order valence-electron chi connectivity index (χ1n) is 2.35. The van der Waals surface area contributed by atoms with Crippen molar-refractivity contribution in [2.75, 3.05) is 0 Å². The summed E-state index contributed by atoms with van der Waals surface area (Å²) in [5, 5.41) is 9.98. The lowest BCUT2D eigenvalue weighted by Crippen LogP contribution is -1.85. The Balaban J connectivity index is 0.000000810. The molecule has 2 N–H and O–H groups in total. The number of hydrogen-bond acceptors (Lipinski definition) is 3. The van der Waals surface area contributed by atoms with Crippen LogP contribution in [-0.4, -0.2) is 15.4 Å². The minimum absolute atomic E-state index is 0. The average Bonchev–Trinajstić information content (AvgIpc) is 1.90. The summed E-state index contributed by atoms with van der Waals surface area (Å²) in [6.45, 7) is 0. The minimum atomic E-state index is -0.457. The van der Waals surface area contributed by atoms with Crippen LogP contribution >= 0.6 is 0 Å². The summed E-state index contributed by atoms with van der Waals surface area (Å²) < 4.78 is 0. The number of rotatable bonds is 1. The minimum Gasteiger partial charge on any atom is -0.412 e. The zero-order valence-corrected chi connectivity index (χ0v) is 5.02. The Labute approximate surface area is 56.8 Å². The van der Waals surface area contributed by atoms with Gasteiger partial charge in [-0.25, -0.2) is 0 Å². The molecule has 1 aromatic rings. The highest BCUT2D eigenvalue weighted by Gasteiger charge is 1.99. The Morgan fingerprint density at radius 3 is 2.20 bits per heavy atom. The number of pyridine rings is 1. The standard InChI is InChI=1S/C5H4N2O2.H2O/c8-7(9)5-1-3-6-4-2-5;/h1-4H;1H2. The van der Waals surface area contributed by atoms with E-state index < -0.39 is 4.92 Å². The lowest BCUT2D eigenvalue weighted by atomic mass is 10.4. The number of nitrogens with zero attached hydrogens (tertiary/aromatic N) is 2. The van der Waals surface area contributed by atoms with Crippen molar-refractivity contribution in [3.05, 3.63) is 34.6 Å². The molecule has 0 aromatic carbocycles. The Hall–Kier alpha value is -1.49. The second-order valence-corrected chi connectivity index (χ2v) is 1.46. The highest BCUT2D eigenvalue weighted by Crippen LogP contribution is 2.05. The largest absolute Gasteiger partial charge is 0.412 e. The van der Waals surface area contributed by atoms with Gasteiger partial charge in [0.25, 0.3) is 5.69 Å². The molecular weight excluding hydrogens is 136 g/mol. The maximum Gasteiger partial charge on any atom is 0.272 e. The van der Waals surface area contributed by atoms with E-state index in [9.17, 15) is 10.1 Å². The van der Waals surface area contributed by atoms with Gasteiger partial charge in [0.15, 0.2) is 0 Å². The molecule has 0 saturated heterocycles. The van der Waals surface area contributed by atoms with E-state index in [0.29, 0.717) is 0 Å². The lowest BCUT2D eigenvalue weighted by molar-refractivity contribution is -0.384. The molecule has 0 aliphatic heterocycles. The van der Waals surface area contributed by atoms with E-state index in [-0.39, 0.29) is 11.2 Å². The Morgan fingerprint density at radius 2 is 1.90 bits per heavy atom. The van der Waals surface area contributed by atoms with Crippen LogP contribution in [0.3, 0.4) is 0 Å². The van der Waals surface area contributed by atoms with Gasteiger partial charge in [-0.1, -0.05) is 0 Å². The molecule has 1 rings (SSSR count). The van der Waals surface area contributed by atoms with Crippen molar-refractivity contribution in [3.8, 4) is 0 Å². The van der Waals surface area contributed by atoms with Crippen molar-refractivity contribution in [2.45, 2.75) is 0 Å². The highest BCUT2D eigenvalue weighted by atomic mass is 16.6. The summed E-state index contributed by atoms with van der Waals surface area (Å²) >= 11 is 0. The van der Waals surface area contributed by atoms with Crippen LogP contribution in [0, 0.1) is 10.1 Å². The zero-order chi connectivity index (χ0) is 6.69. The second kappa shape index (κ2) is 3.52. The van der Waals surface area contributed by atoms with Crippen LogP contribution in [0.2, 0.25) is 0 Å². The van der Waals surface area contributed by atoms with Crippen LogP contribution in [0.15, 0.2) is 24.5 Å². The molecule has 0 amide bonds. The van der Waals surface area contributed by atoms with Crippen molar-refractivity contribution >= 4 is 5.69 Å². The highest BCUT2D eigenvalue weighted by molar-refractivity contribution is 5.24. The number of aromatic nitrogens is 1. The van der Waals surface area contributed by atoms with Gasteiger partial charge in [0, 0.05) is 24.5 Å². The smallest absolute Gasteiger partial charge is 0.272 e. The summed E-state index contributed by atoms with van der Waals surface area (Å²) in [5.74, 6) is 0. The van der Waals surface area contributed by atoms with Crippen LogP contribution in [0.4, 0.5) is 5.69 Å². The van der Waals surface area contributed by atoms with E-state index >= 15 is 0 Å². The van der Waals surface area contributed by atoms with E-state index in [1.54, 1.807) is 0 Å². The van der Waals surface area contributed by atoms with Gasteiger partial charge >= 0.3 is 0 Å². The first-order chi connectivity index (χ1) is 4.30. The summed E-state index contributed by atoms with van der Waals surface area (Å²) in [5.41, 5.74) is 0.0741. The van der Waals surface area contributed by atoms with E-state index in [4.69, 9.17) is 0 Å². The molecule has 0 aliphatic carbocycles. The fourth-order valence-corrected chi connectivity index (χ4v) is 0.466. The van der Waals surface area contributed by atoms with Crippen molar-refractivity contribution in [1.82, 2.24) is 4.98 Å². The van der Waals surface area contributed by atoms with Gasteiger partial charge in [-0.05, 0) is 0 Å². The second-order valence-electron chi connectivity index (χ2n) is 1.46. The number of nitro groups is 1. The summed E-state index contributed by atoms with van der Waals surface area (Å²) in [6.07, 6.45) is 2.77. The van der Waals surface area contributed by atoms with Gasteiger partial charge < -0.3 is 5.48 Å². The van der Waals surface area contributed by atoms with Gasteiger partial charge in [0.2, 0.25) is 0 Å².